The van der Waals surface area contributed by atoms with Gasteiger partial charge in [-0.25, -0.2) is 14.2 Å². The Labute approximate surface area is 122 Å². The van der Waals surface area contributed by atoms with Crippen LogP contribution >= 0.6 is 0 Å². The number of benzene rings is 1. The molecule has 0 amide bonds. The Hall–Kier alpha value is -2.37. The predicted molar refractivity (Wildman–Crippen MR) is 77.6 cm³/mol. The van der Waals surface area contributed by atoms with Gasteiger partial charge in [0, 0.05) is 6.54 Å². The summed E-state index contributed by atoms with van der Waals surface area (Å²) in [5.41, 5.74) is 8.00. The Kier molecular flexibility index (Phi) is 4.26. The third-order valence-electron chi connectivity index (χ3n) is 3.49. The Morgan fingerprint density at radius 1 is 1.43 bits per heavy atom. The van der Waals surface area contributed by atoms with Crippen LogP contribution in [-0.4, -0.2) is 22.6 Å². The van der Waals surface area contributed by atoms with Crippen LogP contribution < -0.4 is 5.73 Å². The number of aromatic nitrogens is 2. The molecule has 0 fully saturated rings. The van der Waals surface area contributed by atoms with Crippen molar-refractivity contribution in [1.29, 1.82) is 0 Å². The minimum Gasteiger partial charge on any atom is -0.464 e. The SMILES string of the molecule is COC(=O)c1nc(C)n(CCc2ccc(F)cc2C)c1N. The number of nitrogen functional groups attached to an aromatic ring is 1. The fourth-order valence-electron chi connectivity index (χ4n) is 2.28. The van der Waals surface area contributed by atoms with Gasteiger partial charge in [-0.05, 0) is 43.5 Å². The second-order valence-corrected chi connectivity index (χ2v) is 4.86. The lowest BCUT2D eigenvalue weighted by Gasteiger charge is -2.10. The van der Waals surface area contributed by atoms with Gasteiger partial charge in [-0.15, -0.1) is 0 Å². The molecule has 1 aromatic carbocycles. The number of anilines is 1. The van der Waals surface area contributed by atoms with Crippen molar-refractivity contribution in [3.63, 3.8) is 0 Å². The fourth-order valence-corrected chi connectivity index (χ4v) is 2.28. The van der Waals surface area contributed by atoms with Gasteiger partial charge >= 0.3 is 5.97 Å². The number of nitrogens with two attached hydrogens (primary N) is 1. The summed E-state index contributed by atoms with van der Waals surface area (Å²) in [7, 11) is 1.29. The van der Waals surface area contributed by atoms with Crippen LogP contribution in [0.15, 0.2) is 18.2 Å². The van der Waals surface area contributed by atoms with Gasteiger partial charge in [0.15, 0.2) is 5.69 Å². The number of carbonyl (C=O) groups excluding carboxylic acids is 1. The van der Waals surface area contributed by atoms with Crippen LogP contribution in [0.4, 0.5) is 10.2 Å². The van der Waals surface area contributed by atoms with E-state index in [0.717, 1.165) is 11.1 Å². The number of nitrogens with zero attached hydrogens (tertiary/aromatic N) is 2. The summed E-state index contributed by atoms with van der Waals surface area (Å²) in [6.45, 7) is 4.21. The zero-order chi connectivity index (χ0) is 15.6. The number of esters is 1. The molecule has 5 nitrogen and oxygen atoms in total. The molecule has 0 aliphatic rings. The number of ether oxygens (including phenoxy) is 1. The zero-order valence-corrected chi connectivity index (χ0v) is 12.3. The Balaban J connectivity index is 2.20. The van der Waals surface area contributed by atoms with Gasteiger partial charge in [0.05, 0.1) is 7.11 Å². The van der Waals surface area contributed by atoms with Crippen LogP contribution in [0.3, 0.4) is 0 Å². The van der Waals surface area contributed by atoms with Gasteiger partial charge in [0.25, 0.3) is 0 Å². The minimum atomic E-state index is -0.549. The average Bonchev–Trinajstić information content (AvgIpc) is 2.73. The smallest absolute Gasteiger partial charge is 0.360 e. The first-order valence-corrected chi connectivity index (χ1v) is 6.60. The quantitative estimate of drug-likeness (QED) is 0.877. The molecule has 112 valence electrons. The van der Waals surface area contributed by atoms with E-state index in [1.54, 1.807) is 17.6 Å². The van der Waals surface area contributed by atoms with E-state index in [2.05, 4.69) is 9.72 Å². The fraction of sp³-hybridized carbons (Fsp3) is 0.333. The number of imidazole rings is 1. The lowest BCUT2D eigenvalue weighted by Crippen LogP contribution is -2.10. The molecule has 0 radical (unpaired) electrons. The number of aryl methyl sites for hydroxylation is 3. The first kappa shape index (κ1) is 15.0. The van der Waals surface area contributed by atoms with E-state index in [-0.39, 0.29) is 11.5 Å². The zero-order valence-electron chi connectivity index (χ0n) is 12.3. The maximum absolute atomic E-state index is 13.1. The molecule has 21 heavy (non-hydrogen) atoms. The highest BCUT2D eigenvalue weighted by Crippen LogP contribution is 2.17. The standard InChI is InChI=1S/C15H18FN3O2/c1-9-8-12(16)5-4-11(9)6-7-19-10(2)18-13(14(19)17)15(20)21-3/h4-5,8H,6-7,17H2,1-3H3. The molecule has 1 heterocycles. The maximum atomic E-state index is 13.1. The van der Waals surface area contributed by atoms with Crippen molar-refractivity contribution in [2.45, 2.75) is 26.8 Å². The lowest BCUT2D eigenvalue weighted by atomic mass is 10.1. The summed E-state index contributed by atoms with van der Waals surface area (Å²) in [6.07, 6.45) is 0.675. The van der Waals surface area contributed by atoms with Crippen LogP contribution in [-0.2, 0) is 17.7 Å². The monoisotopic (exact) mass is 291 g/mol. The summed E-state index contributed by atoms with van der Waals surface area (Å²) < 4.78 is 19.5. The van der Waals surface area contributed by atoms with Crippen LogP contribution in [0, 0.1) is 19.7 Å². The first-order valence-electron chi connectivity index (χ1n) is 6.60. The summed E-state index contributed by atoms with van der Waals surface area (Å²) in [4.78, 5) is 15.7. The number of rotatable bonds is 4. The topological polar surface area (TPSA) is 70.1 Å². The Bertz CT molecular complexity index is 680. The second-order valence-electron chi connectivity index (χ2n) is 4.86. The van der Waals surface area contributed by atoms with Gasteiger partial charge < -0.3 is 15.0 Å². The summed E-state index contributed by atoms with van der Waals surface area (Å²) >= 11 is 0. The molecule has 0 bridgehead atoms. The number of methoxy groups -OCH3 is 1. The molecule has 2 rings (SSSR count). The maximum Gasteiger partial charge on any atom is 0.360 e. The van der Waals surface area contributed by atoms with Crippen molar-refractivity contribution < 1.29 is 13.9 Å². The molecular weight excluding hydrogens is 273 g/mol. The van der Waals surface area contributed by atoms with Crippen molar-refractivity contribution in [2.24, 2.45) is 0 Å². The Morgan fingerprint density at radius 2 is 2.14 bits per heavy atom. The molecule has 6 heteroatoms. The average molecular weight is 291 g/mol. The van der Waals surface area contributed by atoms with E-state index in [4.69, 9.17) is 5.73 Å². The highest BCUT2D eigenvalue weighted by molar-refractivity contribution is 5.92. The molecule has 0 aliphatic heterocycles. The summed E-state index contributed by atoms with van der Waals surface area (Å²) in [5.74, 6) is 0.140. The van der Waals surface area contributed by atoms with Gasteiger partial charge in [-0.1, -0.05) is 6.07 Å². The van der Waals surface area contributed by atoms with Gasteiger partial charge in [0.2, 0.25) is 0 Å². The predicted octanol–water partition coefficient (Wildman–Crippen LogP) is 2.25. The van der Waals surface area contributed by atoms with E-state index in [9.17, 15) is 9.18 Å². The van der Waals surface area contributed by atoms with Crippen molar-refractivity contribution in [1.82, 2.24) is 9.55 Å². The van der Waals surface area contributed by atoms with Gasteiger partial charge in [0.1, 0.15) is 17.5 Å². The number of halogens is 1. The van der Waals surface area contributed by atoms with E-state index >= 15 is 0 Å². The third-order valence-corrected chi connectivity index (χ3v) is 3.49. The van der Waals surface area contributed by atoms with Crippen LogP contribution in [0.5, 0.6) is 0 Å². The van der Waals surface area contributed by atoms with E-state index in [1.165, 1.54) is 19.2 Å². The first-order chi connectivity index (χ1) is 9.93. The largest absolute Gasteiger partial charge is 0.464 e. The number of carbonyl (C=O) groups is 1. The minimum absolute atomic E-state index is 0.130. The van der Waals surface area contributed by atoms with E-state index < -0.39 is 5.97 Å². The number of hydrogen-bond acceptors (Lipinski definition) is 4. The second kappa shape index (κ2) is 5.95. The molecule has 0 saturated carbocycles. The summed E-state index contributed by atoms with van der Waals surface area (Å²) in [6, 6.07) is 4.69. The Morgan fingerprint density at radius 3 is 2.76 bits per heavy atom. The molecule has 0 unspecified atom stereocenters. The van der Waals surface area contributed by atoms with Crippen molar-refractivity contribution in [3.8, 4) is 0 Å². The van der Waals surface area contributed by atoms with Crippen molar-refractivity contribution >= 4 is 11.8 Å². The van der Waals surface area contributed by atoms with Gasteiger partial charge in [-0.3, -0.25) is 0 Å². The third kappa shape index (κ3) is 3.04. The van der Waals surface area contributed by atoms with Gasteiger partial charge in [-0.2, -0.15) is 0 Å². The highest BCUT2D eigenvalue weighted by Gasteiger charge is 2.19. The van der Waals surface area contributed by atoms with Crippen LogP contribution in [0.1, 0.15) is 27.4 Å². The molecule has 0 atom stereocenters. The van der Waals surface area contributed by atoms with Crippen molar-refractivity contribution in [3.05, 3.63) is 46.7 Å². The highest BCUT2D eigenvalue weighted by atomic mass is 19.1. The molecule has 2 aromatic rings. The number of hydrogen-bond donors (Lipinski definition) is 1. The molecule has 0 spiro atoms. The normalized spacial score (nSPS) is 10.7. The van der Waals surface area contributed by atoms with Crippen LogP contribution in [0.2, 0.25) is 0 Å². The van der Waals surface area contributed by atoms with E-state index in [0.29, 0.717) is 24.6 Å². The molecule has 1 aromatic heterocycles. The molecule has 2 N–H and O–H groups in total. The van der Waals surface area contributed by atoms with Crippen molar-refractivity contribution in [2.75, 3.05) is 12.8 Å². The van der Waals surface area contributed by atoms with Crippen LogP contribution in [0.25, 0.3) is 0 Å². The molecule has 0 saturated heterocycles. The lowest BCUT2D eigenvalue weighted by molar-refractivity contribution is 0.0595. The van der Waals surface area contributed by atoms with E-state index in [1.807, 2.05) is 6.92 Å². The summed E-state index contributed by atoms with van der Waals surface area (Å²) in [5, 5.41) is 0. The molecular formula is C15H18FN3O2. The molecule has 0 aliphatic carbocycles.